The number of benzene rings is 1. The lowest BCUT2D eigenvalue weighted by atomic mass is 9.95. The van der Waals surface area contributed by atoms with Crippen LogP contribution in [-0.4, -0.2) is 65.0 Å². The Morgan fingerprint density at radius 3 is 2.52 bits per heavy atom. The molecule has 0 bridgehead atoms. The molecule has 1 aromatic heterocycles. The second-order valence-corrected chi connectivity index (χ2v) is 10.6. The summed E-state index contributed by atoms with van der Waals surface area (Å²) in [5, 5.41) is 12.6. The Hall–Kier alpha value is -1.84. The average Bonchev–Trinajstić information content (AvgIpc) is 3.42. The van der Waals surface area contributed by atoms with Gasteiger partial charge < -0.3 is 0 Å². The fraction of sp³-hybridized carbons (Fsp3) is 0.650. The van der Waals surface area contributed by atoms with E-state index in [4.69, 9.17) is 0 Å². The molecule has 0 amide bonds. The Bertz CT molecular complexity index is 950. The molecule has 158 valence electrons. The highest BCUT2D eigenvalue weighted by atomic mass is 32.2. The minimum absolute atomic E-state index is 0.0182. The van der Waals surface area contributed by atoms with E-state index < -0.39 is 15.6 Å². The molecule has 1 aromatic carbocycles. The van der Waals surface area contributed by atoms with Gasteiger partial charge in [0.25, 0.3) is 0 Å². The number of nitrogens with zero attached hydrogens (tertiary/aromatic N) is 6. The largest absolute Gasteiger partial charge is 0.296 e. The second kappa shape index (κ2) is 7.77. The molecule has 9 heteroatoms. The molecule has 1 saturated heterocycles. The zero-order valence-corrected chi connectivity index (χ0v) is 18.3. The van der Waals surface area contributed by atoms with Crippen LogP contribution in [0.4, 0.5) is 0 Å². The summed E-state index contributed by atoms with van der Waals surface area (Å²) in [6, 6.07) is 8.00. The van der Waals surface area contributed by atoms with Crippen LogP contribution in [0.15, 0.2) is 24.3 Å². The molecule has 1 atom stereocenters. The number of aryl methyl sites for hydroxylation is 1. The van der Waals surface area contributed by atoms with E-state index in [9.17, 15) is 8.42 Å². The minimum atomic E-state index is -3.42. The van der Waals surface area contributed by atoms with E-state index in [-0.39, 0.29) is 5.75 Å². The Labute approximate surface area is 172 Å². The van der Waals surface area contributed by atoms with E-state index in [0.29, 0.717) is 25.6 Å². The first-order chi connectivity index (χ1) is 13.8. The number of hydrogen-bond acceptors (Lipinski definition) is 6. The van der Waals surface area contributed by atoms with Gasteiger partial charge in [0.05, 0.1) is 17.3 Å². The van der Waals surface area contributed by atoms with Crippen molar-refractivity contribution in [3.63, 3.8) is 0 Å². The fourth-order valence-corrected chi connectivity index (χ4v) is 6.20. The second-order valence-electron chi connectivity index (χ2n) is 8.64. The maximum atomic E-state index is 13.2. The first-order valence-corrected chi connectivity index (χ1v) is 11.9. The van der Waals surface area contributed by atoms with Gasteiger partial charge in [-0.15, -0.1) is 5.10 Å². The molecular formula is C20H30N6O2S. The molecule has 29 heavy (non-hydrogen) atoms. The highest BCUT2D eigenvalue weighted by Gasteiger charge is 2.49. The molecule has 0 N–H and O–H groups in total. The van der Waals surface area contributed by atoms with Crippen LogP contribution in [0.1, 0.15) is 55.1 Å². The molecule has 1 unspecified atom stereocenters. The third kappa shape index (κ3) is 3.83. The quantitative estimate of drug-likeness (QED) is 0.714. The van der Waals surface area contributed by atoms with Crippen molar-refractivity contribution >= 4 is 10.0 Å². The zero-order chi connectivity index (χ0) is 20.6. The Morgan fingerprint density at radius 2 is 1.86 bits per heavy atom. The van der Waals surface area contributed by atoms with Gasteiger partial charge in [0.1, 0.15) is 0 Å². The summed E-state index contributed by atoms with van der Waals surface area (Å²) in [5.41, 5.74) is 1.43. The predicted octanol–water partition coefficient (Wildman–Crippen LogP) is 2.09. The standard InChI is InChI=1S/C20H30N6O2S/c1-16-8-10-17(11-9-16)14-29(27,28)25-13-12-20(15-25,24(2)3)19-21-22-23-26(19)18-6-4-5-7-18/h8-11,18H,4-7,12-15H2,1-3H3. The number of likely N-dealkylation sites (N-methyl/N-ethyl adjacent to an activating group) is 1. The van der Waals surface area contributed by atoms with Gasteiger partial charge in [-0.25, -0.2) is 13.1 Å². The normalized spacial score (nSPS) is 24.0. The first kappa shape index (κ1) is 20.4. The summed E-state index contributed by atoms with van der Waals surface area (Å²) >= 11 is 0. The van der Waals surface area contributed by atoms with Crippen molar-refractivity contribution in [1.82, 2.24) is 29.4 Å². The van der Waals surface area contributed by atoms with Gasteiger partial charge in [0.2, 0.25) is 10.0 Å². The van der Waals surface area contributed by atoms with Gasteiger partial charge in [0, 0.05) is 13.1 Å². The van der Waals surface area contributed by atoms with Crippen LogP contribution in [0.5, 0.6) is 0 Å². The van der Waals surface area contributed by atoms with Crippen LogP contribution in [0.2, 0.25) is 0 Å². The molecule has 1 aliphatic carbocycles. The molecule has 2 fully saturated rings. The van der Waals surface area contributed by atoms with Crippen molar-refractivity contribution in [2.75, 3.05) is 27.2 Å². The summed E-state index contributed by atoms with van der Waals surface area (Å²) in [5.74, 6) is 0.812. The lowest BCUT2D eigenvalue weighted by Crippen LogP contribution is -2.47. The summed E-state index contributed by atoms with van der Waals surface area (Å²) in [4.78, 5) is 2.09. The first-order valence-electron chi connectivity index (χ1n) is 10.3. The lowest BCUT2D eigenvalue weighted by Gasteiger charge is -2.35. The van der Waals surface area contributed by atoms with Crippen LogP contribution in [0.25, 0.3) is 0 Å². The molecule has 2 aromatic rings. The molecule has 2 aliphatic rings. The maximum absolute atomic E-state index is 13.2. The van der Waals surface area contributed by atoms with Crippen LogP contribution in [-0.2, 0) is 21.3 Å². The van der Waals surface area contributed by atoms with E-state index >= 15 is 0 Å². The van der Waals surface area contributed by atoms with Crippen molar-refractivity contribution in [2.24, 2.45) is 0 Å². The molecule has 2 heterocycles. The minimum Gasteiger partial charge on any atom is -0.296 e. The van der Waals surface area contributed by atoms with Crippen LogP contribution < -0.4 is 0 Å². The summed E-state index contributed by atoms with van der Waals surface area (Å²) in [6.07, 6.45) is 5.22. The molecule has 0 spiro atoms. The summed E-state index contributed by atoms with van der Waals surface area (Å²) in [6.45, 7) is 2.85. The maximum Gasteiger partial charge on any atom is 0.218 e. The highest BCUT2D eigenvalue weighted by molar-refractivity contribution is 7.88. The Kier molecular flexibility index (Phi) is 5.48. The molecule has 1 aliphatic heterocycles. The van der Waals surface area contributed by atoms with Gasteiger partial charge in [-0.2, -0.15) is 4.31 Å². The van der Waals surface area contributed by atoms with E-state index in [2.05, 4.69) is 20.4 Å². The Balaban J connectivity index is 1.60. The number of sulfonamides is 1. The smallest absolute Gasteiger partial charge is 0.218 e. The van der Waals surface area contributed by atoms with Gasteiger partial charge in [-0.3, -0.25) is 4.90 Å². The monoisotopic (exact) mass is 418 g/mol. The SMILES string of the molecule is Cc1ccc(CS(=O)(=O)N2CCC(c3nnnn3C3CCCC3)(N(C)C)C2)cc1. The lowest BCUT2D eigenvalue weighted by molar-refractivity contribution is 0.144. The van der Waals surface area contributed by atoms with E-state index in [1.54, 1.807) is 4.31 Å². The Morgan fingerprint density at radius 1 is 1.17 bits per heavy atom. The summed E-state index contributed by atoms with van der Waals surface area (Å²) in [7, 11) is 0.555. The average molecular weight is 419 g/mol. The number of rotatable bonds is 6. The van der Waals surface area contributed by atoms with E-state index in [1.165, 1.54) is 12.8 Å². The van der Waals surface area contributed by atoms with Gasteiger partial charge >= 0.3 is 0 Å². The van der Waals surface area contributed by atoms with Gasteiger partial charge in [0.15, 0.2) is 5.82 Å². The van der Waals surface area contributed by atoms with Crippen molar-refractivity contribution in [3.8, 4) is 0 Å². The third-order valence-electron chi connectivity index (χ3n) is 6.51. The van der Waals surface area contributed by atoms with Crippen LogP contribution in [0, 0.1) is 6.92 Å². The van der Waals surface area contributed by atoms with Crippen molar-refractivity contribution in [3.05, 3.63) is 41.2 Å². The number of aromatic nitrogens is 4. The number of tetrazole rings is 1. The van der Waals surface area contributed by atoms with E-state index in [0.717, 1.165) is 29.8 Å². The van der Waals surface area contributed by atoms with Gasteiger partial charge in [-0.05, 0) is 56.3 Å². The fourth-order valence-electron chi connectivity index (χ4n) is 4.63. The number of hydrogen-bond donors (Lipinski definition) is 0. The van der Waals surface area contributed by atoms with Crippen molar-refractivity contribution in [2.45, 2.75) is 56.4 Å². The van der Waals surface area contributed by atoms with Gasteiger partial charge in [-0.1, -0.05) is 42.7 Å². The van der Waals surface area contributed by atoms with Crippen LogP contribution >= 0.6 is 0 Å². The third-order valence-corrected chi connectivity index (χ3v) is 8.31. The molecule has 1 saturated carbocycles. The molecule has 4 rings (SSSR count). The highest BCUT2D eigenvalue weighted by Crippen LogP contribution is 2.39. The molecule has 8 nitrogen and oxygen atoms in total. The predicted molar refractivity (Wildman–Crippen MR) is 111 cm³/mol. The van der Waals surface area contributed by atoms with Crippen molar-refractivity contribution in [1.29, 1.82) is 0 Å². The molecule has 0 radical (unpaired) electrons. The molecular weight excluding hydrogens is 388 g/mol. The zero-order valence-electron chi connectivity index (χ0n) is 17.5. The van der Waals surface area contributed by atoms with E-state index in [1.807, 2.05) is 50.0 Å². The van der Waals surface area contributed by atoms with Crippen molar-refractivity contribution < 1.29 is 8.42 Å². The summed E-state index contributed by atoms with van der Waals surface area (Å²) < 4.78 is 29.9. The topological polar surface area (TPSA) is 84.2 Å². The van der Waals surface area contributed by atoms with Crippen LogP contribution in [0.3, 0.4) is 0 Å².